The van der Waals surface area contributed by atoms with E-state index in [1.165, 1.54) is 0 Å². The third kappa shape index (κ3) is 5.98. The Labute approximate surface area is 172 Å². The summed E-state index contributed by atoms with van der Waals surface area (Å²) in [5.41, 5.74) is 2.98. The smallest absolute Gasteiger partial charge is 0.261 e. The van der Waals surface area contributed by atoms with E-state index in [1.54, 1.807) is 19.1 Å². The zero-order chi connectivity index (χ0) is 21.4. The van der Waals surface area contributed by atoms with Crippen molar-refractivity contribution in [2.75, 3.05) is 20.8 Å². The molecule has 2 rings (SSSR count). The molecule has 0 heterocycles. The average molecular weight is 399 g/mol. The number of likely N-dealkylation sites (N-methyl/N-ethyl adjacent to an activating group) is 1. The van der Waals surface area contributed by atoms with E-state index in [-0.39, 0.29) is 25.0 Å². The fraction of sp³-hybridized carbons (Fsp3) is 0.391. The number of hydrogen-bond donors (Lipinski definition) is 1. The molecule has 0 spiro atoms. The Hall–Kier alpha value is -3.02. The number of benzene rings is 2. The maximum Gasteiger partial charge on any atom is 0.261 e. The Bertz CT molecular complexity index is 851. The molecule has 6 heteroatoms. The summed E-state index contributed by atoms with van der Waals surface area (Å²) in [4.78, 5) is 27.0. The molecule has 0 fully saturated rings. The van der Waals surface area contributed by atoms with Gasteiger partial charge in [-0.15, -0.1) is 0 Å². The average Bonchev–Trinajstić information content (AvgIpc) is 2.72. The predicted molar refractivity (Wildman–Crippen MR) is 113 cm³/mol. The molecule has 2 amide bonds. The van der Waals surface area contributed by atoms with Crippen LogP contribution in [0.25, 0.3) is 0 Å². The summed E-state index contributed by atoms with van der Waals surface area (Å²) >= 11 is 0. The molecule has 0 aromatic heterocycles. The molecule has 0 aliphatic carbocycles. The third-order valence-corrected chi connectivity index (χ3v) is 4.80. The first-order chi connectivity index (χ1) is 13.9. The molecule has 6 nitrogen and oxygen atoms in total. The van der Waals surface area contributed by atoms with Crippen LogP contribution in [0.5, 0.6) is 11.5 Å². The molecule has 1 N–H and O–H groups in total. The van der Waals surface area contributed by atoms with Crippen molar-refractivity contribution in [3.05, 3.63) is 59.2 Å². The highest BCUT2D eigenvalue weighted by Crippen LogP contribution is 2.20. The topological polar surface area (TPSA) is 67.9 Å². The van der Waals surface area contributed by atoms with Gasteiger partial charge in [-0.25, -0.2) is 0 Å². The van der Waals surface area contributed by atoms with Crippen molar-refractivity contribution in [3.63, 3.8) is 0 Å². The Morgan fingerprint density at radius 1 is 1.14 bits per heavy atom. The van der Waals surface area contributed by atoms with E-state index in [0.717, 1.165) is 16.7 Å². The molecular formula is C23H30N2O4. The van der Waals surface area contributed by atoms with Crippen LogP contribution in [-0.2, 0) is 16.1 Å². The highest BCUT2D eigenvalue weighted by Gasteiger charge is 2.28. The molecule has 0 bridgehead atoms. The molecular weight excluding hydrogens is 368 g/mol. The van der Waals surface area contributed by atoms with E-state index in [1.807, 2.05) is 63.2 Å². The van der Waals surface area contributed by atoms with Crippen LogP contribution in [0.4, 0.5) is 0 Å². The third-order valence-electron chi connectivity index (χ3n) is 4.80. The van der Waals surface area contributed by atoms with Crippen LogP contribution in [0.1, 0.15) is 30.0 Å². The van der Waals surface area contributed by atoms with E-state index in [0.29, 0.717) is 17.9 Å². The Morgan fingerprint density at radius 3 is 2.52 bits per heavy atom. The van der Waals surface area contributed by atoms with Crippen molar-refractivity contribution in [1.29, 1.82) is 0 Å². The lowest BCUT2D eigenvalue weighted by Crippen LogP contribution is -2.49. The Morgan fingerprint density at radius 2 is 1.90 bits per heavy atom. The van der Waals surface area contributed by atoms with Gasteiger partial charge in [0, 0.05) is 13.6 Å². The molecule has 2 aromatic carbocycles. The number of nitrogens with zero attached hydrogens (tertiary/aromatic N) is 1. The number of amides is 2. The summed E-state index contributed by atoms with van der Waals surface area (Å²) < 4.78 is 11.1. The minimum atomic E-state index is -0.582. The number of carbonyl (C=O) groups is 2. The molecule has 0 aliphatic heterocycles. The number of carbonyl (C=O) groups excluding carboxylic acids is 2. The summed E-state index contributed by atoms with van der Waals surface area (Å²) in [5.74, 6) is 0.922. The van der Waals surface area contributed by atoms with Crippen molar-refractivity contribution >= 4 is 11.8 Å². The van der Waals surface area contributed by atoms with Gasteiger partial charge < -0.3 is 19.7 Å². The lowest BCUT2D eigenvalue weighted by atomic mass is 10.1. The molecule has 2 aromatic rings. The predicted octanol–water partition coefficient (Wildman–Crippen LogP) is 3.24. The van der Waals surface area contributed by atoms with Crippen molar-refractivity contribution in [2.24, 2.45) is 0 Å². The van der Waals surface area contributed by atoms with Gasteiger partial charge in [0.25, 0.3) is 5.91 Å². The largest absolute Gasteiger partial charge is 0.497 e. The van der Waals surface area contributed by atoms with E-state index in [4.69, 9.17) is 9.47 Å². The second kappa shape index (κ2) is 10.5. The van der Waals surface area contributed by atoms with E-state index in [9.17, 15) is 9.59 Å². The Kier molecular flexibility index (Phi) is 8.07. The lowest BCUT2D eigenvalue weighted by Gasteiger charge is -2.30. The number of methoxy groups -OCH3 is 1. The van der Waals surface area contributed by atoms with Gasteiger partial charge in [-0.1, -0.05) is 36.8 Å². The standard InChI is InChI=1S/C23H30N2O4/c1-6-20(23(27)24-4)25(14-18-8-7-9-19(13-18)28-5)22(26)15-29-21-11-10-16(2)12-17(21)3/h7-13,20H,6,14-15H2,1-5H3,(H,24,27). The molecule has 0 aliphatic rings. The fourth-order valence-electron chi connectivity index (χ4n) is 3.24. The molecule has 0 radical (unpaired) electrons. The van der Waals surface area contributed by atoms with Crippen LogP contribution >= 0.6 is 0 Å². The van der Waals surface area contributed by atoms with E-state index < -0.39 is 6.04 Å². The zero-order valence-electron chi connectivity index (χ0n) is 17.8. The molecule has 0 saturated carbocycles. The molecule has 29 heavy (non-hydrogen) atoms. The highest BCUT2D eigenvalue weighted by atomic mass is 16.5. The monoisotopic (exact) mass is 398 g/mol. The van der Waals surface area contributed by atoms with Gasteiger partial charge >= 0.3 is 0 Å². The zero-order valence-corrected chi connectivity index (χ0v) is 17.8. The second-order valence-electron chi connectivity index (χ2n) is 6.97. The first-order valence-corrected chi connectivity index (χ1v) is 9.73. The first kappa shape index (κ1) is 22.3. The SMILES string of the molecule is CCC(C(=O)NC)N(Cc1cccc(OC)c1)C(=O)COc1ccc(C)cc1C. The van der Waals surface area contributed by atoms with Crippen LogP contribution in [0.3, 0.4) is 0 Å². The van der Waals surface area contributed by atoms with Crippen molar-refractivity contribution in [2.45, 2.75) is 39.8 Å². The maximum atomic E-state index is 13.1. The van der Waals surface area contributed by atoms with Gasteiger partial charge in [0.1, 0.15) is 17.5 Å². The van der Waals surface area contributed by atoms with Crippen molar-refractivity contribution in [1.82, 2.24) is 10.2 Å². The summed E-state index contributed by atoms with van der Waals surface area (Å²) in [5, 5.41) is 2.65. The summed E-state index contributed by atoms with van der Waals surface area (Å²) in [7, 11) is 3.17. The summed E-state index contributed by atoms with van der Waals surface area (Å²) in [6.45, 7) is 5.99. The number of aryl methyl sites for hydroxylation is 2. The van der Waals surface area contributed by atoms with Gasteiger partial charge in [-0.2, -0.15) is 0 Å². The van der Waals surface area contributed by atoms with Crippen LogP contribution < -0.4 is 14.8 Å². The van der Waals surface area contributed by atoms with Crippen LogP contribution in [0.2, 0.25) is 0 Å². The molecule has 0 saturated heterocycles. The number of rotatable bonds is 9. The number of hydrogen-bond acceptors (Lipinski definition) is 4. The van der Waals surface area contributed by atoms with Crippen LogP contribution in [0.15, 0.2) is 42.5 Å². The molecule has 1 unspecified atom stereocenters. The van der Waals surface area contributed by atoms with Gasteiger partial charge in [0.05, 0.1) is 7.11 Å². The van der Waals surface area contributed by atoms with Crippen LogP contribution in [0, 0.1) is 13.8 Å². The summed E-state index contributed by atoms with van der Waals surface area (Å²) in [6, 6.07) is 12.7. The van der Waals surface area contributed by atoms with Crippen molar-refractivity contribution in [3.8, 4) is 11.5 Å². The van der Waals surface area contributed by atoms with Gasteiger partial charge in [-0.3, -0.25) is 9.59 Å². The van der Waals surface area contributed by atoms with E-state index in [2.05, 4.69) is 5.32 Å². The highest BCUT2D eigenvalue weighted by molar-refractivity contribution is 5.88. The minimum absolute atomic E-state index is 0.138. The fourth-order valence-corrected chi connectivity index (χ4v) is 3.24. The normalized spacial score (nSPS) is 11.5. The molecule has 1 atom stereocenters. The second-order valence-corrected chi connectivity index (χ2v) is 6.97. The maximum absolute atomic E-state index is 13.1. The molecule has 156 valence electrons. The van der Waals surface area contributed by atoms with Crippen molar-refractivity contribution < 1.29 is 19.1 Å². The van der Waals surface area contributed by atoms with Gasteiger partial charge in [0.15, 0.2) is 6.61 Å². The summed E-state index contributed by atoms with van der Waals surface area (Å²) in [6.07, 6.45) is 0.499. The van der Waals surface area contributed by atoms with Crippen LogP contribution in [-0.4, -0.2) is 43.5 Å². The number of ether oxygens (including phenoxy) is 2. The minimum Gasteiger partial charge on any atom is -0.497 e. The first-order valence-electron chi connectivity index (χ1n) is 9.73. The van der Waals surface area contributed by atoms with Gasteiger partial charge in [0.2, 0.25) is 5.91 Å². The number of nitrogens with one attached hydrogen (secondary N) is 1. The lowest BCUT2D eigenvalue weighted by molar-refractivity contribution is -0.142. The van der Waals surface area contributed by atoms with Gasteiger partial charge in [-0.05, 0) is 49.6 Å². The quantitative estimate of drug-likeness (QED) is 0.704. The Balaban J connectivity index is 2.22. The van der Waals surface area contributed by atoms with E-state index >= 15 is 0 Å².